The maximum atomic E-state index is 13.7. The lowest BCUT2D eigenvalue weighted by atomic mass is 10.2. The fourth-order valence-electron chi connectivity index (χ4n) is 2.03. The van der Waals surface area contributed by atoms with Crippen LogP contribution in [0.2, 0.25) is 5.28 Å². The number of nitrogens with zero attached hydrogens (tertiary/aromatic N) is 3. The van der Waals surface area contributed by atoms with Crippen molar-refractivity contribution >= 4 is 39.7 Å². The number of halogens is 3. The molecule has 0 spiro atoms. The number of hydrogen-bond acceptors (Lipinski definition) is 5. The van der Waals surface area contributed by atoms with Gasteiger partial charge in [0.1, 0.15) is 5.75 Å². The van der Waals surface area contributed by atoms with E-state index >= 15 is 0 Å². The van der Waals surface area contributed by atoms with Crippen molar-refractivity contribution in [1.29, 1.82) is 0 Å². The largest absolute Gasteiger partial charge is 0.436 e. The van der Waals surface area contributed by atoms with Crippen LogP contribution in [0.3, 0.4) is 0 Å². The van der Waals surface area contributed by atoms with E-state index in [0.29, 0.717) is 16.9 Å². The number of aromatic nitrogens is 2. The van der Waals surface area contributed by atoms with E-state index in [2.05, 4.69) is 36.4 Å². The molecule has 0 fully saturated rings. The first kappa shape index (κ1) is 18.9. The zero-order valence-corrected chi connectivity index (χ0v) is 15.9. The van der Waals surface area contributed by atoms with E-state index in [0.717, 1.165) is 10.7 Å². The second-order valence-electron chi connectivity index (χ2n) is 5.18. The van der Waals surface area contributed by atoms with Gasteiger partial charge in [-0.2, -0.15) is 14.5 Å². The van der Waals surface area contributed by atoms with E-state index in [4.69, 9.17) is 16.3 Å². The van der Waals surface area contributed by atoms with E-state index in [1.807, 2.05) is 6.07 Å². The molecule has 3 rings (SSSR count). The van der Waals surface area contributed by atoms with Gasteiger partial charge in [0.2, 0.25) is 11.1 Å². The lowest BCUT2D eigenvalue weighted by molar-refractivity contribution is 0.0955. The molecule has 1 aromatic heterocycles. The third-order valence-electron chi connectivity index (χ3n) is 3.22. The highest BCUT2D eigenvalue weighted by Crippen LogP contribution is 2.23. The summed E-state index contributed by atoms with van der Waals surface area (Å²) in [4.78, 5) is 19.2. The molecule has 1 amide bonds. The SMILES string of the molecule is O=C(N/N=C\c1cccc(Oc2nc(Cl)ncc2F)c1)c1cccc(Br)c1. The van der Waals surface area contributed by atoms with Gasteiger partial charge >= 0.3 is 0 Å². The lowest BCUT2D eigenvalue weighted by Crippen LogP contribution is -2.17. The van der Waals surface area contributed by atoms with Crippen LogP contribution in [0.25, 0.3) is 0 Å². The zero-order chi connectivity index (χ0) is 19.2. The number of hydrazone groups is 1. The Labute approximate surface area is 167 Å². The highest BCUT2D eigenvalue weighted by Gasteiger charge is 2.09. The summed E-state index contributed by atoms with van der Waals surface area (Å²) in [5, 5.41) is 3.79. The third kappa shape index (κ3) is 5.32. The molecule has 0 aliphatic heterocycles. The Balaban J connectivity index is 1.67. The fourth-order valence-corrected chi connectivity index (χ4v) is 2.56. The first-order valence-corrected chi connectivity index (χ1v) is 8.73. The van der Waals surface area contributed by atoms with Crippen molar-refractivity contribution in [3.63, 3.8) is 0 Å². The van der Waals surface area contributed by atoms with E-state index in [1.165, 1.54) is 6.21 Å². The monoisotopic (exact) mass is 448 g/mol. The molecule has 1 N–H and O–H groups in total. The Hall–Kier alpha value is -2.84. The van der Waals surface area contributed by atoms with Crippen LogP contribution in [0.1, 0.15) is 15.9 Å². The van der Waals surface area contributed by atoms with Crippen molar-refractivity contribution in [3.8, 4) is 11.6 Å². The van der Waals surface area contributed by atoms with Crippen LogP contribution >= 0.6 is 27.5 Å². The Morgan fingerprint density at radius 1 is 1.26 bits per heavy atom. The summed E-state index contributed by atoms with van der Waals surface area (Å²) in [7, 11) is 0. The van der Waals surface area contributed by atoms with Crippen molar-refractivity contribution in [2.24, 2.45) is 5.10 Å². The molecule has 6 nitrogen and oxygen atoms in total. The van der Waals surface area contributed by atoms with Crippen LogP contribution in [0.15, 0.2) is 64.3 Å². The Kier molecular flexibility index (Phi) is 6.10. The Morgan fingerprint density at radius 3 is 2.89 bits per heavy atom. The minimum Gasteiger partial charge on any atom is -0.436 e. The summed E-state index contributed by atoms with van der Waals surface area (Å²) in [6.45, 7) is 0. The third-order valence-corrected chi connectivity index (χ3v) is 3.90. The topological polar surface area (TPSA) is 76.5 Å². The van der Waals surface area contributed by atoms with Crippen LogP contribution in [-0.4, -0.2) is 22.1 Å². The van der Waals surface area contributed by atoms with Gasteiger partial charge < -0.3 is 4.74 Å². The zero-order valence-electron chi connectivity index (χ0n) is 13.6. The Morgan fingerprint density at radius 2 is 2.07 bits per heavy atom. The highest BCUT2D eigenvalue weighted by atomic mass is 79.9. The predicted octanol–water partition coefficient (Wildman–Crippen LogP) is 4.59. The summed E-state index contributed by atoms with van der Waals surface area (Å²) in [5.41, 5.74) is 3.53. The van der Waals surface area contributed by atoms with Crippen LogP contribution in [0, 0.1) is 5.82 Å². The van der Waals surface area contributed by atoms with Gasteiger partial charge in [0.15, 0.2) is 0 Å². The molecule has 27 heavy (non-hydrogen) atoms. The number of carbonyl (C=O) groups is 1. The molecule has 2 aromatic carbocycles. The number of ether oxygens (including phenoxy) is 1. The first-order valence-electron chi connectivity index (χ1n) is 7.56. The van der Waals surface area contributed by atoms with Gasteiger partial charge in [-0.25, -0.2) is 10.4 Å². The van der Waals surface area contributed by atoms with Gasteiger partial charge in [-0.05, 0) is 47.5 Å². The second-order valence-corrected chi connectivity index (χ2v) is 6.43. The molecule has 0 aliphatic carbocycles. The van der Waals surface area contributed by atoms with Crippen molar-refractivity contribution in [1.82, 2.24) is 15.4 Å². The number of hydrogen-bond donors (Lipinski definition) is 1. The minimum atomic E-state index is -0.736. The van der Waals surface area contributed by atoms with Crippen molar-refractivity contribution in [3.05, 3.63) is 81.4 Å². The molecule has 1 heterocycles. The van der Waals surface area contributed by atoms with E-state index in [9.17, 15) is 9.18 Å². The van der Waals surface area contributed by atoms with Crippen molar-refractivity contribution < 1.29 is 13.9 Å². The lowest BCUT2D eigenvalue weighted by Gasteiger charge is -2.06. The van der Waals surface area contributed by atoms with Gasteiger partial charge in [-0.1, -0.05) is 34.1 Å². The molecule has 0 radical (unpaired) electrons. The van der Waals surface area contributed by atoms with Crippen molar-refractivity contribution in [2.75, 3.05) is 0 Å². The van der Waals surface area contributed by atoms with Gasteiger partial charge in [-0.3, -0.25) is 4.79 Å². The van der Waals surface area contributed by atoms with Crippen molar-refractivity contribution in [2.45, 2.75) is 0 Å². The fraction of sp³-hybridized carbons (Fsp3) is 0. The molecule has 0 aliphatic rings. The summed E-state index contributed by atoms with van der Waals surface area (Å²) in [6, 6.07) is 13.6. The van der Waals surface area contributed by atoms with Gasteiger partial charge in [0, 0.05) is 10.0 Å². The van der Waals surface area contributed by atoms with E-state index < -0.39 is 5.82 Å². The van der Waals surface area contributed by atoms with Crippen LogP contribution in [0.4, 0.5) is 4.39 Å². The normalized spacial score (nSPS) is 10.8. The molecule has 0 saturated carbocycles. The molecule has 3 aromatic rings. The highest BCUT2D eigenvalue weighted by molar-refractivity contribution is 9.10. The van der Waals surface area contributed by atoms with Crippen LogP contribution in [0.5, 0.6) is 11.6 Å². The number of carbonyl (C=O) groups excluding carboxylic acids is 1. The van der Waals surface area contributed by atoms with Crippen LogP contribution in [-0.2, 0) is 0 Å². The average molecular weight is 450 g/mol. The Bertz CT molecular complexity index is 1020. The summed E-state index contributed by atoms with van der Waals surface area (Å²) in [6.07, 6.45) is 2.36. The number of rotatable bonds is 5. The summed E-state index contributed by atoms with van der Waals surface area (Å²) < 4.78 is 19.8. The summed E-state index contributed by atoms with van der Waals surface area (Å²) in [5.74, 6) is -1.05. The smallest absolute Gasteiger partial charge is 0.271 e. The number of benzene rings is 2. The second kappa shape index (κ2) is 8.70. The quantitative estimate of drug-likeness (QED) is 0.351. The van der Waals surface area contributed by atoms with Gasteiger partial charge in [-0.15, -0.1) is 0 Å². The summed E-state index contributed by atoms with van der Waals surface area (Å²) >= 11 is 8.94. The number of nitrogens with one attached hydrogen (secondary N) is 1. The molecule has 9 heteroatoms. The molecule has 0 unspecified atom stereocenters. The van der Waals surface area contributed by atoms with E-state index in [-0.39, 0.29) is 17.1 Å². The van der Waals surface area contributed by atoms with Crippen LogP contribution < -0.4 is 10.2 Å². The number of amides is 1. The molecular weight excluding hydrogens is 439 g/mol. The standard InChI is InChI=1S/C18H11BrClFN4O2/c19-13-5-2-4-12(8-13)16(26)25-23-9-11-3-1-6-14(7-11)27-17-15(21)10-22-18(20)24-17/h1-10H,(H,25,26)/b23-9-. The minimum absolute atomic E-state index is 0.126. The average Bonchev–Trinajstić information content (AvgIpc) is 2.65. The molecule has 0 atom stereocenters. The molecular formula is C18H11BrClFN4O2. The van der Waals surface area contributed by atoms with Gasteiger partial charge in [0.25, 0.3) is 11.8 Å². The van der Waals surface area contributed by atoms with E-state index in [1.54, 1.807) is 42.5 Å². The molecule has 0 bridgehead atoms. The molecule has 0 saturated heterocycles. The molecule has 136 valence electrons. The van der Waals surface area contributed by atoms with Gasteiger partial charge in [0.05, 0.1) is 12.4 Å². The maximum Gasteiger partial charge on any atom is 0.271 e. The maximum absolute atomic E-state index is 13.7. The first-order chi connectivity index (χ1) is 13.0. The predicted molar refractivity (Wildman–Crippen MR) is 103 cm³/mol.